The Morgan fingerprint density at radius 3 is 2.63 bits per heavy atom. The van der Waals surface area contributed by atoms with Crippen LogP contribution in [-0.2, 0) is 16.6 Å². The molecule has 0 atom stereocenters. The SMILES string of the molecule is CCCCS(=O)(=O)N(C)Cc1cc(F)ccc1OC. The lowest BCUT2D eigenvalue weighted by molar-refractivity contribution is 0.396. The van der Waals surface area contributed by atoms with Gasteiger partial charge >= 0.3 is 0 Å². The summed E-state index contributed by atoms with van der Waals surface area (Å²) in [5, 5.41) is 0. The van der Waals surface area contributed by atoms with Crippen molar-refractivity contribution in [3.05, 3.63) is 29.6 Å². The lowest BCUT2D eigenvalue weighted by atomic mass is 10.2. The molecule has 0 fully saturated rings. The summed E-state index contributed by atoms with van der Waals surface area (Å²) < 4.78 is 43.5. The number of ether oxygens (including phenoxy) is 1. The van der Waals surface area contributed by atoms with Gasteiger partial charge in [0, 0.05) is 19.2 Å². The van der Waals surface area contributed by atoms with Crippen LogP contribution < -0.4 is 4.74 Å². The Hall–Kier alpha value is -1.14. The molecule has 0 radical (unpaired) electrons. The van der Waals surface area contributed by atoms with Gasteiger partial charge in [-0.1, -0.05) is 13.3 Å². The second-order valence-electron chi connectivity index (χ2n) is 4.38. The number of rotatable bonds is 7. The highest BCUT2D eigenvalue weighted by Gasteiger charge is 2.19. The van der Waals surface area contributed by atoms with E-state index >= 15 is 0 Å². The Morgan fingerprint density at radius 1 is 1.37 bits per heavy atom. The van der Waals surface area contributed by atoms with Gasteiger partial charge < -0.3 is 4.74 Å². The topological polar surface area (TPSA) is 46.6 Å². The predicted molar refractivity (Wildman–Crippen MR) is 73.1 cm³/mol. The highest BCUT2D eigenvalue weighted by atomic mass is 32.2. The first-order valence-corrected chi connectivity index (χ1v) is 7.78. The lowest BCUT2D eigenvalue weighted by Crippen LogP contribution is -2.29. The third-order valence-electron chi connectivity index (χ3n) is 2.87. The van der Waals surface area contributed by atoms with Gasteiger partial charge in [0.05, 0.1) is 12.9 Å². The maximum Gasteiger partial charge on any atom is 0.214 e. The lowest BCUT2D eigenvalue weighted by Gasteiger charge is -2.18. The van der Waals surface area contributed by atoms with E-state index in [1.165, 1.54) is 36.7 Å². The Balaban J connectivity index is 2.87. The van der Waals surface area contributed by atoms with Crippen molar-refractivity contribution in [1.29, 1.82) is 0 Å². The molecule has 0 aliphatic heterocycles. The van der Waals surface area contributed by atoms with E-state index < -0.39 is 15.8 Å². The normalized spacial score (nSPS) is 11.8. The van der Waals surface area contributed by atoms with E-state index in [2.05, 4.69) is 0 Å². The molecule has 108 valence electrons. The minimum Gasteiger partial charge on any atom is -0.496 e. The van der Waals surface area contributed by atoms with Gasteiger partial charge in [0.2, 0.25) is 10.0 Å². The van der Waals surface area contributed by atoms with Crippen LogP contribution in [0, 0.1) is 5.82 Å². The van der Waals surface area contributed by atoms with E-state index in [4.69, 9.17) is 4.74 Å². The first-order valence-electron chi connectivity index (χ1n) is 6.17. The van der Waals surface area contributed by atoms with Crippen molar-refractivity contribution in [2.75, 3.05) is 19.9 Å². The molecule has 19 heavy (non-hydrogen) atoms. The standard InChI is InChI=1S/C13H20FNO3S/c1-4-5-8-19(16,17)15(2)10-11-9-12(14)6-7-13(11)18-3/h6-7,9H,4-5,8,10H2,1-3H3. The van der Waals surface area contributed by atoms with Gasteiger partial charge in [-0.3, -0.25) is 0 Å². The van der Waals surface area contributed by atoms with Gasteiger partial charge in [0.25, 0.3) is 0 Å². The second-order valence-corrected chi connectivity index (χ2v) is 6.58. The summed E-state index contributed by atoms with van der Waals surface area (Å²) in [6, 6.07) is 4.08. The van der Waals surface area contributed by atoms with Crippen LogP contribution in [0.1, 0.15) is 25.3 Å². The molecule has 0 spiro atoms. The molecule has 0 amide bonds. The zero-order valence-corrected chi connectivity index (χ0v) is 12.3. The number of sulfonamides is 1. The maximum atomic E-state index is 13.2. The Labute approximate surface area is 114 Å². The minimum absolute atomic E-state index is 0.104. The van der Waals surface area contributed by atoms with Crippen molar-refractivity contribution in [1.82, 2.24) is 4.31 Å². The van der Waals surface area contributed by atoms with Crippen LogP contribution in [0.4, 0.5) is 4.39 Å². The van der Waals surface area contributed by atoms with E-state index in [1.807, 2.05) is 6.92 Å². The quantitative estimate of drug-likeness (QED) is 0.774. The Kier molecular flexibility index (Phi) is 5.75. The van der Waals surface area contributed by atoms with E-state index in [9.17, 15) is 12.8 Å². The molecule has 0 aliphatic rings. The van der Waals surface area contributed by atoms with Gasteiger partial charge in [-0.2, -0.15) is 0 Å². The highest BCUT2D eigenvalue weighted by Crippen LogP contribution is 2.21. The smallest absolute Gasteiger partial charge is 0.214 e. The molecular formula is C13H20FNO3S. The molecular weight excluding hydrogens is 269 g/mol. The molecule has 0 heterocycles. The van der Waals surface area contributed by atoms with Crippen molar-refractivity contribution in [3.8, 4) is 5.75 Å². The fourth-order valence-corrected chi connectivity index (χ4v) is 2.99. The molecule has 0 aliphatic carbocycles. The summed E-state index contributed by atoms with van der Waals surface area (Å²) in [7, 11) is -0.333. The molecule has 0 saturated heterocycles. The second kappa shape index (κ2) is 6.86. The molecule has 0 saturated carbocycles. The fraction of sp³-hybridized carbons (Fsp3) is 0.538. The minimum atomic E-state index is -3.30. The highest BCUT2D eigenvalue weighted by molar-refractivity contribution is 7.89. The molecule has 0 N–H and O–H groups in total. The molecule has 4 nitrogen and oxygen atoms in total. The Morgan fingerprint density at radius 2 is 2.05 bits per heavy atom. The molecule has 1 aromatic rings. The number of hydrogen-bond donors (Lipinski definition) is 0. The first-order chi connectivity index (χ1) is 8.90. The van der Waals surface area contributed by atoms with E-state index in [0.29, 0.717) is 17.7 Å². The number of unbranched alkanes of at least 4 members (excludes halogenated alkanes) is 1. The number of hydrogen-bond acceptors (Lipinski definition) is 3. The monoisotopic (exact) mass is 289 g/mol. The van der Waals surface area contributed by atoms with Crippen LogP contribution in [0.2, 0.25) is 0 Å². The number of methoxy groups -OCH3 is 1. The van der Waals surface area contributed by atoms with Crippen LogP contribution in [0.5, 0.6) is 5.75 Å². The average Bonchev–Trinajstić information content (AvgIpc) is 2.36. The summed E-state index contributed by atoms with van der Waals surface area (Å²) in [4.78, 5) is 0. The van der Waals surface area contributed by atoms with Crippen LogP contribution in [0.3, 0.4) is 0 Å². The molecule has 1 aromatic carbocycles. The number of benzene rings is 1. The summed E-state index contributed by atoms with van der Waals surface area (Å²) in [6.07, 6.45) is 1.43. The third-order valence-corrected chi connectivity index (χ3v) is 4.75. The van der Waals surface area contributed by atoms with Crippen molar-refractivity contribution in [3.63, 3.8) is 0 Å². The van der Waals surface area contributed by atoms with Gasteiger partial charge in [-0.25, -0.2) is 17.1 Å². The molecule has 1 rings (SSSR count). The first kappa shape index (κ1) is 15.9. The summed E-state index contributed by atoms with van der Waals surface area (Å²) in [5.74, 6) is 0.187. The molecule has 6 heteroatoms. The van der Waals surface area contributed by atoms with Crippen LogP contribution >= 0.6 is 0 Å². The van der Waals surface area contributed by atoms with E-state index in [1.54, 1.807) is 0 Å². The van der Waals surface area contributed by atoms with E-state index in [-0.39, 0.29) is 12.3 Å². The summed E-state index contributed by atoms with van der Waals surface area (Å²) in [5.41, 5.74) is 0.519. The van der Waals surface area contributed by atoms with Gasteiger partial charge in [-0.15, -0.1) is 0 Å². The fourth-order valence-electron chi connectivity index (χ4n) is 1.69. The Bertz CT molecular complexity index is 517. The largest absolute Gasteiger partial charge is 0.496 e. The van der Waals surface area contributed by atoms with E-state index in [0.717, 1.165) is 6.42 Å². The van der Waals surface area contributed by atoms with Crippen LogP contribution in [-0.4, -0.2) is 32.6 Å². The summed E-state index contributed by atoms with van der Waals surface area (Å²) >= 11 is 0. The zero-order valence-electron chi connectivity index (χ0n) is 11.5. The number of halogens is 1. The van der Waals surface area contributed by atoms with Crippen molar-refractivity contribution < 1.29 is 17.5 Å². The maximum absolute atomic E-state index is 13.2. The predicted octanol–water partition coefficient (Wildman–Crippen LogP) is 2.40. The van der Waals surface area contributed by atoms with Gasteiger partial charge in [-0.05, 0) is 24.6 Å². The summed E-state index contributed by atoms with van der Waals surface area (Å²) in [6.45, 7) is 2.04. The number of nitrogens with zero attached hydrogens (tertiary/aromatic N) is 1. The molecule has 0 bridgehead atoms. The zero-order chi connectivity index (χ0) is 14.5. The van der Waals surface area contributed by atoms with Crippen LogP contribution in [0.25, 0.3) is 0 Å². The molecule has 0 unspecified atom stereocenters. The van der Waals surface area contributed by atoms with Gasteiger partial charge in [0.1, 0.15) is 11.6 Å². The van der Waals surface area contributed by atoms with Crippen molar-refractivity contribution in [2.24, 2.45) is 0 Å². The third kappa shape index (κ3) is 4.47. The molecule has 0 aromatic heterocycles. The average molecular weight is 289 g/mol. The van der Waals surface area contributed by atoms with Gasteiger partial charge in [0.15, 0.2) is 0 Å². The van der Waals surface area contributed by atoms with Crippen molar-refractivity contribution in [2.45, 2.75) is 26.3 Å². The van der Waals surface area contributed by atoms with Crippen LogP contribution in [0.15, 0.2) is 18.2 Å². The van der Waals surface area contributed by atoms with Crippen molar-refractivity contribution >= 4 is 10.0 Å².